The molecule has 0 spiro atoms. The molecule has 3 amide bonds. The molecule has 68 heavy (non-hydrogen) atoms. The second-order valence-electron chi connectivity index (χ2n) is 18.0. The summed E-state index contributed by atoms with van der Waals surface area (Å²) >= 11 is 0. The summed E-state index contributed by atoms with van der Waals surface area (Å²) in [6.07, 6.45) is 13.4. The number of hydrogen-bond acceptors (Lipinski definition) is 11. The molecule has 368 valence electrons. The van der Waals surface area contributed by atoms with Crippen LogP contribution in [0.1, 0.15) is 124 Å². The molecule has 0 fully saturated rings. The van der Waals surface area contributed by atoms with Gasteiger partial charge >= 0.3 is 5.97 Å². The number of ether oxygens (including phenoxy) is 3. The maximum absolute atomic E-state index is 13.5. The summed E-state index contributed by atoms with van der Waals surface area (Å²) in [7, 11) is 1.21. The lowest BCUT2D eigenvalue weighted by Crippen LogP contribution is -2.49. The predicted molar refractivity (Wildman–Crippen MR) is 264 cm³/mol. The molecule has 0 aliphatic rings. The quantitative estimate of drug-likeness (QED) is 0.0342. The number of carbonyl (C=O) groups excluding carboxylic acids is 4. The van der Waals surface area contributed by atoms with Gasteiger partial charge in [-0.1, -0.05) is 116 Å². The van der Waals surface area contributed by atoms with Crippen LogP contribution in [0.5, 0.6) is 11.5 Å². The van der Waals surface area contributed by atoms with Gasteiger partial charge in [-0.05, 0) is 62.3 Å². The highest BCUT2D eigenvalue weighted by atomic mass is 16.5. The Labute approximate surface area is 396 Å². The van der Waals surface area contributed by atoms with Crippen LogP contribution in [0.3, 0.4) is 0 Å². The minimum Gasteiger partial charge on any atom is -0.493 e. The van der Waals surface area contributed by atoms with Crippen molar-refractivity contribution in [2.45, 2.75) is 149 Å². The predicted octanol–water partition coefficient (Wildman–Crippen LogP) is 6.33. The second-order valence-corrected chi connectivity index (χ2v) is 18.0. The van der Waals surface area contributed by atoms with Gasteiger partial charge in [-0.3, -0.25) is 42.7 Å². The molecule has 0 aliphatic carbocycles. The third kappa shape index (κ3) is 14.1. The van der Waals surface area contributed by atoms with Gasteiger partial charge in [0.05, 0.1) is 35.3 Å². The third-order valence-corrected chi connectivity index (χ3v) is 12.2. The van der Waals surface area contributed by atoms with Crippen LogP contribution in [0.4, 0.5) is 0 Å². The number of aromatic nitrogens is 2. The Hall–Kier alpha value is -6.32. The monoisotopic (exact) mass is 939 g/mol. The number of hydrogen-bond donors (Lipinski definition) is 3. The van der Waals surface area contributed by atoms with E-state index in [9.17, 15) is 38.4 Å². The summed E-state index contributed by atoms with van der Waals surface area (Å²) in [6, 6.07) is 11.7. The lowest BCUT2D eigenvalue weighted by molar-refractivity contribution is -0.145. The standard InChI is InChI=1S/C52H69N5O11/c1-6-8-10-12-14-16-27-56-48(61)37-30-39-40(31-38(37)49(56)62)51(64)57(50(39)63)32-45(58)55-42(29-34(3)4)47(60)53-26-20-23-41(52(65)66-5)54-46(59)33-68-44-25-19-21-35-36(44)22-18-24-43(35)67-28-17-15-13-11-9-7-2/h18-19,21-22,24-25,30-31,34,41-42H,6-17,20,23,26-29,32-33H2,1-5H3,(H,53,60)(H,54,59)(H,55,58)/t41-,42-/m0/s1. The first-order chi connectivity index (χ1) is 32.8. The van der Waals surface area contributed by atoms with E-state index in [1.54, 1.807) is 6.07 Å². The van der Waals surface area contributed by atoms with E-state index in [1.807, 2.05) is 44.2 Å². The number of amides is 3. The van der Waals surface area contributed by atoms with Gasteiger partial charge in [-0.15, -0.1) is 0 Å². The van der Waals surface area contributed by atoms with Gasteiger partial charge in [0.2, 0.25) is 11.8 Å². The second kappa shape index (κ2) is 26.3. The number of esters is 1. The van der Waals surface area contributed by atoms with Crippen molar-refractivity contribution >= 4 is 56.0 Å². The topological polar surface area (TPSA) is 210 Å². The van der Waals surface area contributed by atoms with Crippen LogP contribution in [0, 0.1) is 5.92 Å². The van der Waals surface area contributed by atoms with E-state index in [0.29, 0.717) is 18.8 Å². The van der Waals surface area contributed by atoms with E-state index < -0.39 is 64.6 Å². The summed E-state index contributed by atoms with van der Waals surface area (Å²) in [4.78, 5) is 106. The number of nitrogens with one attached hydrogen (secondary N) is 3. The van der Waals surface area contributed by atoms with Crippen LogP contribution in [0.25, 0.3) is 32.3 Å². The molecule has 2 aromatic heterocycles. The number of rotatable bonds is 30. The van der Waals surface area contributed by atoms with Gasteiger partial charge in [-0.2, -0.15) is 0 Å². The molecular weight excluding hydrogens is 871 g/mol. The van der Waals surface area contributed by atoms with Crippen LogP contribution in [0.2, 0.25) is 0 Å². The normalized spacial score (nSPS) is 12.4. The highest BCUT2D eigenvalue weighted by Crippen LogP contribution is 2.32. The molecule has 16 heteroatoms. The molecule has 16 nitrogen and oxygen atoms in total. The van der Waals surface area contributed by atoms with Gasteiger partial charge < -0.3 is 30.2 Å². The first kappa shape index (κ1) is 52.6. The average Bonchev–Trinajstić information content (AvgIpc) is 3.69. The summed E-state index contributed by atoms with van der Waals surface area (Å²) in [5.41, 5.74) is -2.61. The Bertz CT molecular complexity index is 2630. The Morgan fingerprint density at radius 1 is 0.588 bits per heavy atom. The van der Waals surface area contributed by atoms with Crippen molar-refractivity contribution in [3.8, 4) is 11.5 Å². The fraction of sp³-hybridized carbons (Fsp3) is 0.538. The lowest BCUT2D eigenvalue weighted by Gasteiger charge is -2.21. The first-order valence-corrected chi connectivity index (χ1v) is 24.4. The van der Waals surface area contributed by atoms with Gasteiger partial charge in [0, 0.05) is 23.9 Å². The number of nitrogens with zero attached hydrogens (tertiary/aromatic N) is 2. The van der Waals surface area contributed by atoms with Crippen molar-refractivity contribution in [3.05, 3.63) is 89.9 Å². The SMILES string of the molecule is CCCCCCCCOc1cccc2c(OCC(=O)N[C@@H](CCCNC(=O)[C@H](CC(C)C)NC(=O)Cn3c(=O)c4cc5c(=O)n(CCCCCCCC)c(=O)c5cc4c3=O)C(=O)OC)cccc12. The zero-order valence-electron chi connectivity index (χ0n) is 40.4. The molecular formula is C52H69N5O11. The molecule has 0 radical (unpaired) electrons. The van der Waals surface area contributed by atoms with Crippen molar-refractivity contribution in [1.82, 2.24) is 25.1 Å². The molecule has 3 N–H and O–H groups in total. The van der Waals surface area contributed by atoms with E-state index in [4.69, 9.17) is 14.2 Å². The van der Waals surface area contributed by atoms with E-state index in [1.165, 1.54) is 44.9 Å². The molecule has 2 heterocycles. The fourth-order valence-corrected chi connectivity index (χ4v) is 8.54. The third-order valence-electron chi connectivity index (χ3n) is 12.2. The molecule has 5 rings (SSSR count). The van der Waals surface area contributed by atoms with Gasteiger partial charge in [0.1, 0.15) is 30.1 Å². The first-order valence-electron chi connectivity index (χ1n) is 24.4. The maximum Gasteiger partial charge on any atom is 0.328 e. The summed E-state index contributed by atoms with van der Waals surface area (Å²) < 4.78 is 18.9. The van der Waals surface area contributed by atoms with Crippen LogP contribution in [-0.2, 0) is 37.0 Å². The number of fused-ring (bicyclic) bond motifs is 3. The number of unbranched alkanes of at least 4 members (excludes halogenated alkanes) is 10. The largest absolute Gasteiger partial charge is 0.493 e. The van der Waals surface area contributed by atoms with Crippen LogP contribution in [0.15, 0.2) is 67.7 Å². The number of benzene rings is 3. The number of carbonyl (C=O) groups is 4. The Morgan fingerprint density at radius 2 is 1.10 bits per heavy atom. The summed E-state index contributed by atoms with van der Waals surface area (Å²) in [5, 5.41) is 9.67. The van der Waals surface area contributed by atoms with Crippen LogP contribution < -0.4 is 47.7 Å². The van der Waals surface area contributed by atoms with E-state index in [2.05, 4.69) is 29.8 Å². The molecule has 0 saturated carbocycles. The molecule has 2 atom stereocenters. The van der Waals surface area contributed by atoms with E-state index in [-0.39, 0.29) is 66.4 Å². The van der Waals surface area contributed by atoms with Crippen molar-refractivity contribution < 1.29 is 33.4 Å². The Balaban J connectivity index is 1.13. The van der Waals surface area contributed by atoms with Gasteiger partial charge in [0.15, 0.2) is 6.61 Å². The summed E-state index contributed by atoms with van der Waals surface area (Å²) in [5.74, 6) is -1.33. The zero-order valence-corrected chi connectivity index (χ0v) is 40.4. The van der Waals surface area contributed by atoms with Crippen molar-refractivity contribution in [3.63, 3.8) is 0 Å². The molecule has 0 bridgehead atoms. The zero-order chi connectivity index (χ0) is 49.2. The van der Waals surface area contributed by atoms with E-state index >= 15 is 0 Å². The Kier molecular flexibility index (Phi) is 20.3. The smallest absolute Gasteiger partial charge is 0.328 e. The van der Waals surface area contributed by atoms with E-state index in [0.717, 1.165) is 70.6 Å². The van der Waals surface area contributed by atoms with Crippen molar-refractivity contribution in [2.75, 3.05) is 26.9 Å². The average molecular weight is 940 g/mol. The minimum absolute atomic E-state index is 0.0382. The number of methoxy groups -OCH3 is 1. The molecule has 3 aromatic carbocycles. The molecule has 5 aromatic rings. The van der Waals surface area contributed by atoms with Crippen LogP contribution in [-0.4, -0.2) is 71.8 Å². The fourth-order valence-electron chi connectivity index (χ4n) is 8.54. The lowest BCUT2D eigenvalue weighted by atomic mass is 10.0. The van der Waals surface area contributed by atoms with Gasteiger partial charge in [-0.25, -0.2) is 4.79 Å². The molecule has 0 saturated heterocycles. The molecule has 0 aliphatic heterocycles. The summed E-state index contributed by atoms with van der Waals surface area (Å²) in [6.45, 7) is 7.92. The maximum atomic E-state index is 13.5. The molecule has 0 unspecified atom stereocenters. The highest BCUT2D eigenvalue weighted by Gasteiger charge is 2.26. The minimum atomic E-state index is -1.03. The van der Waals surface area contributed by atoms with Crippen molar-refractivity contribution in [2.24, 2.45) is 5.92 Å². The van der Waals surface area contributed by atoms with Crippen molar-refractivity contribution in [1.29, 1.82) is 0 Å². The Morgan fingerprint density at radius 3 is 1.66 bits per heavy atom. The van der Waals surface area contributed by atoms with Gasteiger partial charge in [0.25, 0.3) is 28.1 Å². The van der Waals surface area contributed by atoms with Crippen LogP contribution >= 0.6 is 0 Å². The highest BCUT2D eigenvalue weighted by molar-refractivity contribution is 5.98.